The fraction of sp³-hybridized carbons (Fsp3) is 0.875. The second-order valence-corrected chi connectivity index (χ2v) is 2.88. The number of amides is 1. The first kappa shape index (κ1) is 11.4. The molecule has 4 heteroatoms. The number of carbonyl (C=O) groups is 1. The Labute approximate surface area is 73.3 Å². The molecule has 4 nitrogen and oxygen atoms in total. The second-order valence-electron chi connectivity index (χ2n) is 2.88. The SMILES string of the molecule is CCCC(N)C(=O)N(C)CCO. The smallest absolute Gasteiger partial charge is 0.239 e. The van der Waals surface area contributed by atoms with Crippen LogP contribution in [0, 0.1) is 0 Å². The average molecular weight is 174 g/mol. The molecule has 12 heavy (non-hydrogen) atoms. The van der Waals surface area contributed by atoms with Crippen LogP contribution in [0.25, 0.3) is 0 Å². The van der Waals surface area contributed by atoms with Crippen molar-refractivity contribution < 1.29 is 9.90 Å². The third-order valence-corrected chi connectivity index (χ3v) is 1.73. The second kappa shape index (κ2) is 5.97. The Hall–Kier alpha value is -0.610. The highest BCUT2D eigenvalue weighted by Crippen LogP contribution is 1.97. The lowest BCUT2D eigenvalue weighted by Gasteiger charge is -2.19. The van der Waals surface area contributed by atoms with Crippen LogP contribution in [0.5, 0.6) is 0 Å². The highest BCUT2D eigenvalue weighted by molar-refractivity contribution is 5.81. The number of rotatable bonds is 5. The first-order valence-electron chi connectivity index (χ1n) is 4.24. The summed E-state index contributed by atoms with van der Waals surface area (Å²) in [6.45, 7) is 2.33. The van der Waals surface area contributed by atoms with Gasteiger partial charge in [0.1, 0.15) is 0 Å². The van der Waals surface area contributed by atoms with Crippen molar-refractivity contribution in [1.82, 2.24) is 4.90 Å². The normalized spacial score (nSPS) is 12.7. The summed E-state index contributed by atoms with van der Waals surface area (Å²) < 4.78 is 0. The van der Waals surface area contributed by atoms with Crippen LogP contribution < -0.4 is 5.73 Å². The molecular weight excluding hydrogens is 156 g/mol. The van der Waals surface area contributed by atoms with Gasteiger partial charge >= 0.3 is 0 Å². The largest absolute Gasteiger partial charge is 0.395 e. The van der Waals surface area contributed by atoms with Gasteiger partial charge < -0.3 is 15.7 Å². The summed E-state index contributed by atoms with van der Waals surface area (Å²) in [6, 6.07) is -0.411. The van der Waals surface area contributed by atoms with Gasteiger partial charge in [0.2, 0.25) is 5.91 Å². The molecule has 0 aliphatic rings. The van der Waals surface area contributed by atoms with Crippen molar-refractivity contribution in [2.24, 2.45) is 5.73 Å². The van der Waals surface area contributed by atoms with E-state index in [1.807, 2.05) is 6.92 Å². The molecule has 0 aromatic rings. The van der Waals surface area contributed by atoms with Gasteiger partial charge in [-0.25, -0.2) is 0 Å². The Balaban J connectivity index is 3.82. The standard InChI is InChI=1S/C8H18N2O2/c1-3-4-7(9)8(12)10(2)5-6-11/h7,11H,3-6,9H2,1-2H3. The Morgan fingerprint density at radius 2 is 2.25 bits per heavy atom. The van der Waals surface area contributed by atoms with Crippen molar-refractivity contribution in [3.05, 3.63) is 0 Å². The predicted octanol–water partition coefficient (Wildman–Crippen LogP) is -0.435. The van der Waals surface area contributed by atoms with Crippen molar-refractivity contribution in [3.8, 4) is 0 Å². The van der Waals surface area contributed by atoms with E-state index in [9.17, 15) is 4.79 Å². The zero-order valence-electron chi connectivity index (χ0n) is 7.79. The topological polar surface area (TPSA) is 66.6 Å². The maximum Gasteiger partial charge on any atom is 0.239 e. The molecule has 0 aliphatic carbocycles. The van der Waals surface area contributed by atoms with Gasteiger partial charge in [-0.1, -0.05) is 13.3 Å². The van der Waals surface area contributed by atoms with Crippen LogP contribution in [0.3, 0.4) is 0 Å². The number of likely N-dealkylation sites (N-methyl/N-ethyl adjacent to an activating group) is 1. The highest BCUT2D eigenvalue weighted by atomic mass is 16.3. The molecule has 0 aromatic heterocycles. The number of aliphatic hydroxyl groups excluding tert-OH is 1. The van der Waals surface area contributed by atoms with Gasteiger partial charge in [0.15, 0.2) is 0 Å². The molecular formula is C8H18N2O2. The molecule has 0 rings (SSSR count). The van der Waals surface area contributed by atoms with Crippen molar-refractivity contribution in [2.45, 2.75) is 25.8 Å². The maximum atomic E-state index is 11.3. The van der Waals surface area contributed by atoms with E-state index in [2.05, 4.69) is 0 Å². The zero-order valence-corrected chi connectivity index (χ0v) is 7.79. The summed E-state index contributed by atoms with van der Waals surface area (Å²) in [7, 11) is 1.65. The molecule has 0 bridgehead atoms. The van der Waals surface area contributed by atoms with Gasteiger partial charge in [-0.3, -0.25) is 4.79 Å². The summed E-state index contributed by atoms with van der Waals surface area (Å²) in [4.78, 5) is 12.8. The highest BCUT2D eigenvalue weighted by Gasteiger charge is 2.15. The van der Waals surface area contributed by atoms with E-state index in [0.29, 0.717) is 13.0 Å². The molecule has 0 saturated heterocycles. The number of nitrogens with zero attached hydrogens (tertiary/aromatic N) is 1. The van der Waals surface area contributed by atoms with Crippen LogP contribution in [-0.2, 0) is 4.79 Å². The molecule has 1 unspecified atom stereocenters. The van der Waals surface area contributed by atoms with Crippen LogP contribution in [0.2, 0.25) is 0 Å². The summed E-state index contributed by atoms with van der Waals surface area (Å²) >= 11 is 0. The molecule has 1 amide bonds. The van der Waals surface area contributed by atoms with E-state index in [1.54, 1.807) is 7.05 Å². The molecule has 0 fully saturated rings. The van der Waals surface area contributed by atoms with Gasteiger partial charge in [-0.2, -0.15) is 0 Å². The lowest BCUT2D eigenvalue weighted by atomic mass is 10.1. The fourth-order valence-corrected chi connectivity index (χ4v) is 0.978. The summed E-state index contributed by atoms with van der Waals surface area (Å²) in [5.41, 5.74) is 5.59. The summed E-state index contributed by atoms with van der Waals surface area (Å²) in [6.07, 6.45) is 1.61. The molecule has 0 spiro atoms. The molecule has 72 valence electrons. The average Bonchev–Trinajstić information content (AvgIpc) is 2.04. The molecule has 0 aromatic carbocycles. The van der Waals surface area contributed by atoms with Crippen LogP contribution in [0.1, 0.15) is 19.8 Å². The minimum absolute atomic E-state index is 0.0128. The van der Waals surface area contributed by atoms with Gasteiger partial charge in [0, 0.05) is 13.6 Å². The van der Waals surface area contributed by atoms with Gasteiger partial charge in [-0.15, -0.1) is 0 Å². The van der Waals surface area contributed by atoms with Crippen LogP contribution in [0.15, 0.2) is 0 Å². The van der Waals surface area contributed by atoms with E-state index < -0.39 is 6.04 Å². The fourth-order valence-electron chi connectivity index (χ4n) is 0.978. The minimum atomic E-state index is -0.411. The van der Waals surface area contributed by atoms with Crippen molar-refractivity contribution in [1.29, 1.82) is 0 Å². The lowest BCUT2D eigenvalue weighted by Crippen LogP contribution is -2.42. The minimum Gasteiger partial charge on any atom is -0.395 e. The number of aliphatic hydroxyl groups is 1. The van der Waals surface area contributed by atoms with Gasteiger partial charge in [0.25, 0.3) is 0 Å². The molecule has 0 aliphatic heterocycles. The van der Waals surface area contributed by atoms with E-state index >= 15 is 0 Å². The summed E-state index contributed by atoms with van der Waals surface area (Å²) in [5.74, 6) is -0.0918. The van der Waals surface area contributed by atoms with Gasteiger partial charge in [-0.05, 0) is 6.42 Å². The van der Waals surface area contributed by atoms with E-state index in [-0.39, 0.29) is 12.5 Å². The maximum absolute atomic E-state index is 11.3. The van der Waals surface area contributed by atoms with Crippen LogP contribution in [0.4, 0.5) is 0 Å². The van der Waals surface area contributed by atoms with Crippen LogP contribution in [-0.4, -0.2) is 42.2 Å². The number of carbonyl (C=O) groups excluding carboxylic acids is 1. The Morgan fingerprint density at radius 3 is 2.67 bits per heavy atom. The third-order valence-electron chi connectivity index (χ3n) is 1.73. The van der Waals surface area contributed by atoms with E-state index in [0.717, 1.165) is 6.42 Å². The monoisotopic (exact) mass is 174 g/mol. The molecule has 0 saturated carbocycles. The predicted molar refractivity (Wildman–Crippen MR) is 47.6 cm³/mol. The quantitative estimate of drug-likeness (QED) is 0.594. The molecule has 0 heterocycles. The zero-order chi connectivity index (χ0) is 9.56. The lowest BCUT2D eigenvalue weighted by molar-refractivity contribution is -0.131. The molecule has 0 radical (unpaired) electrons. The third kappa shape index (κ3) is 3.69. The first-order valence-corrected chi connectivity index (χ1v) is 4.24. The Bertz CT molecular complexity index is 125. The van der Waals surface area contributed by atoms with Crippen molar-refractivity contribution in [2.75, 3.05) is 20.2 Å². The number of nitrogens with two attached hydrogens (primary N) is 1. The number of hydrogen-bond donors (Lipinski definition) is 2. The molecule has 1 atom stereocenters. The molecule has 3 N–H and O–H groups in total. The Kier molecular flexibility index (Phi) is 5.66. The Morgan fingerprint density at radius 1 is 1.67 bits per heavy atom. The van der Waals surface area contributed by atoms with E-state index in [1.165, 1.54) is 4.90 Å². The van der Waals surface area contributed by atoms with Crippen molar-refractivity contribution >= 4 is 5.91 Å². The first-order chi connectivity index (χ1) is 5.63. The summed E-state index contributed by atoms with van der Waals surface area (Å²) in [5, 5.41) is 8.56. The van der Waals surface area contributed by atoms with E-state index in [4.69, 9.17) is 10.8 Å². The number of hydrogen-bond acceptors (Lipinski definition) is 3. The van der Waals surface area contributed by atoms with Gasteiger partial charge in [0.05, 0.1) is 12.6 Å². The van der Waals surface area contributed by atoms with Crippen molar-refractivity contribution in [3.63, 3.8) is 0 Å². The van der Waals surface area contributed by atoms with Crippen LogP contribution >= 0.6 is 0 Å².